The minimum atomic E-state index is -0.801. The van der Waals surface area contributed by atoms with Crippen LogP contribution in [-0.2, 0) is 22.6 Å². The van der Waals surface area contributed by atoms with E-state index in [2.05, 4.69) is 27.8 Å². The summed E-state index contributed by atoms with van der Waals surface area (Å²) < 4.78 is 20.1. The number of imide groups is 2. The standard InChI is InChI=1S/C29H24BrFN2O4/c1-4-6-21-12-20(15-25(30)26(21)37-16-19-7-5-8-22(31)13-19)14-24-27(34)32-29(36)33(28(24)35)23-10-9-17(2)18(3)11-23/h4-5,7-15H,1,6,16H2,2-3H3,(H,32,34,36)/b24-14+. The fourth-order valence-electron chi connectivity index (χ4n) is 3.93. The summed E-state index contributed by atoms with van der Waals surface area (Å²) in [7, 11) is 0. The molecule has 1 fully saturated rings. The second-order valence-corrected chi connectivity index (χ2v) is 9.48. The first-order chi connectivity index (χ1) is 17.7. The molecule has 1 aliphatic heterocycles. The molecule has 4 amide bonds. The molecule has 0 bridgehead atoms. The van der Waals surface area contributed by atoms with Crippen molar-refractivity contribution in [2.24, 2.45) is 0 Å². The maximum Gasteiger partial charge on any atom is 0.335 e. The first-order valence-electron chi connectivity index (χ1n) is 11.5. The third-order valence-electron chi connectivity index (χ3n) is 5.94. The molecule has 0 aromatic heterocycles. The molecule has 188 valence electrons. The normalized spacial score (nSPS) is 14.6. The average Bonchev–Trinajstić information content (AvgIpc) is 2.83. The van der Waals surface area contributed by atoms with Gasteiger partial charge in [-0.05, 0) is 106 Å². The zero-order valence-electron chi connectivity index (χ0n) is 20.3. The molecule has 0 radical (unpaired) electrons. The molecular weight excluding hydrogens is 539 g/mol. The molecule has 0 saturated carbocycles. The molecule has 0 aliphatic carbocycles. The van der Waals surface area contributed by atoms with E-state index < -0.39 is 17.8 Å². The topological polar surface area (TPSA) is 75.7 Å². The number of urea groups is 1. The van der Waals surface area contributed by atoms with Crippen molar-refractivity contribution in [2.75, 3.05) is 4.90 Å². The number of aryl methyl sites for hydroxylation is 2. The predicted molar refractivity (Wildman–Crippen MR) is 144 cm³/mol. The van der Waals surface area contributed by atoms with E-state index >= 15 is 0 Å². The van der Waals surface area contributed by atoms with Crippen LogP contribution in [0.3, 0.4) is 0 Å². The van der Waals surface area contributed by atoms with Crippen molar-refractivity contribution in [1.82, 2.24) is 5.32 Å². The summed E-state index contributed by atoms with van der Waals surface area (Å²) in [6.45, 7) is 7.75. The second-order valence-electron chi connectivity index (χ2n) is 8.63. The number of halogens is 2. The highest BCUT2D eigenvalue weighted by atomic mass is 79.9. The van der Waals surface area contributed by atoms with Gasteiger partial charge in [0.25, 0.3) is 11.8 Å². The molecular formula is C29H24BrFN2O4. The Labute approximate surface area is 222 Å². The van der Waals surface area contributed by atoms with Crippen molar-refractivity contribution >= 4 is 45.5 Å². The third-order valence-corrected chi connectivity index (χ3v) is 6.53. The largest absolute Gasteiger partial charge is 0.487 e. The zero-order chi connectivity index (χ0) is 26.7. The number of rotatable bonds is 7. The Hall–Kier alpha value is -4.04. The van der Waals surface area contributed by atoms with Gasteiger partial charge in [-0.2, -0.15) is 0 Å². The summed E-state index contributed by atoms with van der Waals surface area (Å²) in [6.07, 6.45) is 3.58. The van der Waals surface area contributed by atoms with Gasteiger partial charge in [-0.15, -0.1) is 6.58 Å². The van der Waals surface area contributed by atoms with Crippen LogP contribution in [0.1, 0.15) is 27.8 Å². The molecule has 1 heterocycles. The number of carbonyl (C=O) groups is 3. The molecule has 0 atom stereocenters. The number of anilines is 1. The molecule has 37 heavy (non-hydrogen) atoms. The molecule has 0 unspecified atom stereocenters. The maximum atomic E-state index is 13.5. The first kappa shape index (κ1) is 26.0. The van der Waals surface area contributed by atoms with Gasteiger partial charge >= 0.3 is 6.03 Å². The Morgan fingerprint density at radius 3 is 2.54 bits per heavy atom. The van der Waals surface area contributed by atoms with E-state index in [1.165, 1.54) is 18.2 Å². The Morgan fingerprint density at radius 2 is 1.84 bits per heavy atom. The SMILES string of the molecule is C=CCc1cc(/C=C2\C(=O)NC(=O)N(c3ccc(C)c(C)c3)C2=O)cc(Br)c1OCc1cccc(F)c1. The van der Waals surface area contributed by atoms with Crippen molar-refractivity contribution in [3.8, 4) is 5.75 Å². The molecule has 3 aromatic rings. The molecule has 6 nitrogen and oxygen atoms in total. The number of benzene rings is 3. The van der Waals surface area contributed by atoms with Crippen LogP contribution in [0.15, 0.2) is 77.3 Å². The molecule has 1 saturated heterocycles. The van der Waals surface area contributed by atoms with Gasteiger partial charge in [-0.1, -0.05) is 24.3 Å². The monoisotopic (exact) mass is 562 g/mol. The van der Waals surface area contributed by atoms with Gasteiger partial charge in [0.05, 0.1) is 10.2 Å². The third kappa shape index (κ3) is 5.70. The number of hydrogen-bond acceptors (Lipinski definition) is 4. The molecule has 8 heteroatoms. The van der Waals surface area contributed by atoms with Gasteiger partial charge in [0.2, 0.25) is 0 Å². The molecule has 1 N–H and O–H groups in total. The summed E-state index contributed by atoms with van der Waals surface area (Å²) in [5, 5.41) is 2.25. The van der Waals surface area contributed by atoms with Crippen LogP contribution >= 0.6 is 15.9 Å². The molecule has 3 aromatic carbocycles. The lowest BCUT2D eigenvalue weighted by Crippen LogP contribution is -2.54. The van der Waals surface area contributed by atoms with Gasteiger partial charge < -0.3 is 4.74 Å². The van der Waals surface area contributed by atoms with Crippen LogP contribution in [-0.4, -0.2) is 17.8 Å². The Morgan fingerprint density at radius 1 is 1.05 bits per heavy atom. The van der Waals surface area contributed by atoms with Gasteiger partial charge in [0.1, 0.15) is 23.7 Å². The Balaban J connectivity index is 1.67. The van der Waals surface area contributed by atoms with Crippen molar-refractivity contribution in [3.05, 3.63) is 111 Å². The fraction of sp³-hybridized carbons (Fsp3) is 0.138. The summed E-state index contributed by atoms with van der Waals surface area (Å²) in [5.41, 5.74) is 4.09. The van der Waals surface area contributed by atoms with E-state index in [0.29, 0.717) is 33.5 Å². The van der Waals surface area contributed by atoms with Crippen LogP contribution in [0.4, 0.5) is 14.9 Å². The summed E-state index contributed by atoms with van der Waals surface area (Å²) in [5.74, 6) is -1.30. The maximum absolute atomic E-state index is 13.5. The smallest absolute Gasteiger partial charge is 0.335 e. The number of ether oxygens (including phenoxy) is 1. The number of hydrogen-bond donors (Lipinski definition) is 1. The summed E-state index contributed by atoms with van der Waals surface area (Å²) >= 11 is 3.51. The first-order valence-corrected chi connectivity index (χ1v) is 12.3. The summed E-state index contributed by atoms with van der Waals surface area (Å²) in [4.78, 5) is 39.4. The quantitative estimate of drug-likeness (QED) is 0.212. The number of amides is 4. The number of nitrogens with one attached hydrogen (secondary N) is 1. The molecule has 4 rings (SSSR count). The highest BCUT2D eigenvalue weighted by molar-refractivity contribution is 9.10. The van der Waals surface area contributed by atoms with Crippen molar-refractivity contribution in [2.45, 2.75) is 26.9 Å². The van der Waals surface area contributed by atoms with Crippen LogP contribution in [0.2, 0.25) is 0 Å². The van der Waals surface area contributed by atoms with Crippen LogP contribution in [0, 0.1) is 19.7 Å². The van der Waals surface area contributed by atoms with E-state index in [0.717, 1.165) is 21.6 Å². The van der Waals surface area contributed by atoms with Gasteiger partial charge in [0, 0.05) is 0 Å². The van der Waals surface area contributed by atoms with Crippen LogP contribution < -0.4 is 15.0 Å². The van der Waals surface area contributed by atoms with Gasteiger partial charge in [0.15, 0.2) is 0 Å². The minimum absolute atomic E-state index is 0.148. The molecule has 0 spiro atoms. The van der Waals surface area contributed by atoms with Crippen molar-refractivity contribution in [3.63, 3.8) is 0 Å². The highest BCUT2D eigenvalue weighted by Crippen LogP contribution is 2.34. The van der Waals surface area contributed by atoms with Crippen molar-refractivity contribution in [1.29, 1.82) is 0 Å². The highest BCUT2D eigenvalue weighted by Gasteiger charge is 2.37. The van der Waals surface area contributed by atoms with Gasteiger partial charge in [-0.3, -0.25) is 14.9 Å². The number of nitrogens with zero attached hydrogens (tertiary/aromatic N) is 1. The minimum Gasteiger partial charge on any atom is -0.487 e. The van der Waals surface area contributed by atoms with E-state index in [-0.39, 0.29) is 18.0 Å². The zero-order valence-corrected chi connectivity index (χ0v) is 21.9. The summed E-state index contributed by atoms with van der Waals surface area (Å²) in [6, 6.07) is 14.0. The average molecular weight is 563 g/mol. The van der Waals surface area contributed by atoms with E-state index in [1.807, 2.05) is 19.9 Å². The number of carbonyl (C=O) groups excluding carboxylic acids is 3. The lowest BCUT2D eigenvalue weighted by atomic mass is 10.0. The predicted octanol–water partition coefficient (Wildman–Crippen LogP) is 6.18. The number of allylic oxidation sites excluding steroid dienone is 1. The van der Waals surface area contributed by atoms with Crippen LogP contribution in [0.5, 0.6) is 5.75 Å². The second kappa shape index (κ2) is 10.9. The lowest BCUT2D eigenvalue weighted by Gasteiger charge is -2.27. The lowest BCUT2D eigenvalue weighted by molar-refractivity contribution is -0.122. The van der Waals surface area contributed by atoms with E-state index in [1.54, 1.807) is 42.5 Å². The van der Waals surface area contributed by atoms with Gasteiger partial charge in [-0.25, -0.2) is 14.1 Å². The Kier molecular flexibility index (Phi) is 7.69. The number of barbiturate groups is 1. The van der Waals surface area contributed by atoms with E-state index in [9.17, 15) is 18.8 Å². The van der Waals surface area contributed by atoms with Crippen molar-refractivity contribution < 1.29 is 23.5 Å². The van der Waals surface area contributed by atoms with E-state index in [4.69, 9.17) is 4.74 Å². The fourth-order valence-corrected chi connectivity index (χ4v) is 4.56. The molecule has 1 aliphatic rings. The Bertz CT molecular complexity index is 1460. The van der Waals surface area contributed by atoms with Crippen LogP contribution in [0.25, 0.3) is 6.08 Å².